The molecular weight excluding hydrogens is 508 g/mol. The predicted molar refractivity (Wildman–Crippen MR) is 150 cm³/mol. The number of ether oxygens (including phenoxy) is 1. The van der Waals surface area contributed by atoms with Gasteiger partial charge in [0.1, 0.15) is 11.5 Å². The number of likely N-dealkylation sites (N-methyl/N-ethyl adjacent to an activating group) is 1. The Morgan fingerprint density at radius 2 is 1.78 bits per heavy atom. The van der Waals surface area contributed by atoms with Crippen LogP contribution in [0.1, 0.15) is 24.3 Å². The third-order valence-corrected chi connectivity index (χ3v) is 8.78. The molecule has 7 nitrogen and oxygen atoms in total. The molecule has 2 aliphatic rings. The van der Waals surface area contributed by atoms with Crippen molar-refractivity contribution in [2.45, 2.75) is 23.7 Å². The van der Waals surface area contributed by atoms with E-state index >= 15 is 0 Å². The molecule has 1 unspecified atom stereocenters. The van der Waals surface area contributed by atoms with E-state index in [1.165, 1.54) is 5.56 Å². The summed E-state index contributed by atoms with van der Waals surface area (Å²) in [5, 5.41) is 4.12. The third-order valence-electron chi connectivity index (χ3n) is 7.07. The van der Waals surface area contributed by atoms with Crippen molar-refractivity contribution in [1.82, 2.24) is 9.62 Å². The first-order valence-corrected chi connectivity index (χ1v) is 14.6. The SMILES string of the molecule is CN1CCN(c2cccc(Oc3ccc(S(=O)(=O)NCCCC4CNc5ccc(Cl)cc54)cc3)c2)CC1. The number of hydrogen-bond donors (Lipinski definition) is 2. The molecule has 3 aromatic rings. The van der Waals surface area contributed by atoms with Crippen LogP contribution >= 0.6 is 11.6 Å². The molecule has 0 amide bonds. The van der Waals surface area contributed by atoms with Crippen LogP contribution in [0.5, 0.6) is 11.5 Å². The molecule has 196 valence electrons. The van der Waals surface area contributed by atoms with Gasteiger partial charge in [-0.05, 0) is 80.1 Å². The predicted octanol–water partition coefficient (Wildman–Crippen LogP) is 5.15. The van der Waals surface area contributed by atoms with Gasteiger partial charge in [-0.25, -0.2) is 13.1 Å². The molecule has 0 spiro atoms. The van der Waals surface area contributed by atoms with Gasteiger partial charge in [0, 0.05) is 67.7 Å². The Labute approximate surface area is 224 Å². The van der Waals surface area contributed by atoms with Gasteiger partial charge < -0.3 is 19.9 Å². The number of rotatable bonds is 9. The molecule has 0 aromatic heterocycles. The lowest BCUT2D eigenvalue weighted by molar-refractivity contribution is 0.313. The average molecular weight is 541 g/mol. The molecular formula is C28H33ClN4O3S. The zero-order chi connectivity index (χ0) is 25.8. The summed E-state index contributed by atoms with van der Waals surface area (Å²) >= 11 is 6.15. The van der Waals surface area contributed by atoms with Gasteiger partial charge in [-0.1, -0.05) is 17.7 Å². The van der Waals surface area contributed by atoms with Crippen molar-refractivity contribution in [2.24, 2.45) is 0 Å². The highest BCUT2D eigenvalue weighted by atomic mass is 35.5. The largest absolute Gasteiger partial charge is 0.457 e. The molecule has 5 rings (SSSR count). The highest BCUT2D eigenvalue weighted by molar-refractivity contribution is 7.89. The number of piperazine rings is 1. The van der Waals surface area contributed by atoms with Crippen LogP contribution < -0.4 is 19.7 Å². The molecule has 0 saturated carbocycles. The van der Waals surface area contributed by atoms with Crippen LogP contribution in [0.25, 0.3) is 0 Å². The topological polar surface area (TPSA) is 73.9 Å². The van der Waals surface area contributed by atoms with Crippen molar-refractivity contribution in [1.29, 1.82) is 0 Å². The maximum Gasteiger partial charge on any atom is 0.240 e. The molecule has 2 heterocycles. The van der Waals surface area contributed by atoms with Crippen LogP contribution in [0.2, 0.25) is 5.02 Å². The fraction of sp³-hybridized carbons (Fsp3) is 0.357. The van der Waals surface area contributed by atoms with E-state index in [2.05, 4.69) is 33.0 Å². The van der Waals surface area contributed by atoms with E-state index < -0.39 is 10.0 Å². The maximum absolute atomic E-state index is 12.8. The van der Waals surface area contributed by atoms with E-state index in [1.807, 2.05) is 36.4 Å². The van der Waals surface area contributed by atoms with Crippen molar-refractivity contribution in [2.75, 3.05) is 56.5 Å². The minimum absolute atomic E-state index is 0.227. The standard InChI is InChI=1S/C28H33ClN4O3S/c1-32-14-16-33(17-15-32)23-5-2-6-25(19-23)36-24-8-10-26(11-9-24)37(34,35)31-13-3-4-21-20-30-28-12-7-22(29)18-27(21)28/h2,5-12,18-19,21,30-31H,3-4,13-17,20H2,1H3. The Balaban J connectivity index is 1.13. The zero-order valence-electron chi connectivity index (χ0n) is 21.0. The highest BCUT2D eigenvalue weighted by Crippen LogP contribution is 2.36. The zero-order valence-corrected chi connectivity index (χ0v) is 22.6. The van der Waals surface area contributed by atoms with Gasteiger partial charge >= 0.3 is 0 Å². The lowest BCUT2D eigenvalue weighted by Crippen LogP contribution is -2.44. The summed E-state index contributed by atoms with van der Waals surface area (Å²) in [5.74, 6) is 1.67. The average Bonchev–Trinajstić information content (AvgIpc) is 3.29. The second-order valence-electron chi connectivity index (χ2n) is 9.71. The number of hydrogen-bond acceptors (Lipinski definition) is 6. The van der Waals surface area contributed by atoms with Gasteiger partial charge in [-0.15, -0.1) is 0 Å². The first-order valence-electron chi connectivity index (χ1n) is 12.7. The summed E-state index contributed by atoms with van der Waals surface area (Å²) in [5.41, 5.74) is 3.46. The minimum atomic E-state index is -3.59. The number of benzene rings is 3. The Bertz CT molecular complexity index is 1330. The lowest BCUT2D eigenvalue weighted by Gasteiger charge is -2.34. The molecule has 1 atom stereocenters. The van der Waals surface area contributed by atoms with Crippen molar-refractivity contribution >= 4 is 33.0 Å². The van der Waals surface area contributed by atoms with E-state index in [9.17, 15) is 8.42 Å². The number of sulfonamides is 1. The van der Waals surface area contributed by atoms with Crippen molar-refractivity contribution in [3.05, 3.63) is 77.3 Å². The second kappa shape index (κ2) is 11.3. The minimum Gasteiger partial charge on any atom is -0.457 e. The van der Waals surface area contributed by atoms with Crippen LogP contribution in [0.15, 0.2) is 71.6 Å². The van der Waals surface area contributed by atoms with E-state index in [0.717, 1.165) is 67.7 Å². The van der Waals surface area contributed by atoms with E-state index in [1.54, 1.807) is 24.3 Å². The van der Waals surface area contributed by atoms with Crippen molar-refractivity contribution in [3.8, 4) is 11.5 Å². The number of nitrogens with zero attached hydrogens (tertiary/aromatic N) is 2. The molecule has 0 radical (unpaired) electrons. The van der Waals surface area contributed by atoms with Gasteiger partial charge in [-0.2, -0.15) is 0 Å². The molecule has 0 bridgehead atoms. The Hall–Kier alpha value is -2.78. The molecule has 2 N–H and O–H groups in total. The summed E-state index contributed by atoms with van der Waals surface area (Å²) in [4.78, 5) is 4.90. The molecule has 37 heavy (non-hydrogen) atoms. The van der Waals surface area contributed by atoms with Gasteiger partial charge in [-0.3, -0.25) is 0 Å². The summed E-state index contributed by atoms with van der Waals surface area (Å²) < 4.78 is 34.3. The molecule has 9 heteroatoms. The normalized spacial score (nSPS) is 17.9. The summed E-state index contributed by atoms with van der Waals surface area (Å²) in [6.07, 6.45) is 1.62. The van der Waals surface area contributed by atoms with Crippen LogP contribution in [0.3, 0.4) is 0 Å². The van der Waals surface area contributed by atoms with Crippen LogP contribution in [0, 0.1) is 0 Å². The van der Waals surface area contributed by atoms with Gasteiger partial charge in [0.15, 0.2) is 0 Å². The number of anilines is 2. The summed E-state index contributed by atoms with van der Waals surface area (Å²) in [6.45, 7) is 5.27. The van der Waals surface area contributed by atoms with Gasteiger partial charge in [0.2, 0.25) is 10.0 Å². The second-order valence-corrected chi connectivity index (χ2v) is 11.9. The van der Waals surface area contributed by atoms with Crippen LogP contribution in [-0.4, -0.2) is 59.6 Å². The Morgan fingerprint density at radius 1 is 1.00 bits per heavy atom. The summed E-state index contributed by atoms with van der Waals surface area (Å²) in [6, 6.07) is 20.5. The lowest BCUT2D eigenvalue weighted by atomic mass is 9.96. The molecule has 1 fully saturated rings. The number of nitrogens with one attached hydrogen (secondary N) is 2. The van der Waals surface area contributed by atoms with Crippen molar-refractivity contribution < 1.29 is 13.2 Å². The Kier molecular flexibility index (Phi) is 7.90. The Morgan fingerprint density at radius 3 is 2.57 bits per heavy atom. The van der Waals surface area contributed by atoms with E-state index in [-0.39, 0.29) is 4.90 Å². The highest BCUT2D eigenvalue weighted by Gasteiger charge is 2.22. The van der Waals surface area contributed by atoms with Crippen LogP contribution in [0.4, 0.5) is 11.4 Å². The van der Waals surface area contributed by atoms with Gasteiger partial charge in [0.25, 0.3) is 0 Å². The van der Waals surface area contributed by atoms with Crippen LogP contribution in [-0.2, 0) is 10.0 Å². The van der Waals surface area contributed by atoms with E-state index in [0.29, 0.717) is 18.2 Å². The fourth-order valence-corrected chi connectivity index (χ4v) is 6.16. The van der Waals surface area contributed by atoms with E-state index in [4.69, 9.17) is 16.3 Å². The summed E-state index contributed by atoms with van der Waals surface area (Å²) in [7, 11) is -1.45. The smallest absolute Gasteiger partial charge is 0.240 e. The molecule has 3 aromatic carbocycles. The number of fused-ring (bicyclic) bond motifs is 1. The maximum atomic E-state index is 12.8. The number of halogens is 1. The monoisotopic (exact) mass is 540 g/mol. The third kappa shape index (κ3) is 6.38. The van der Waals surface area contributed by atoms with Gasteiger partial charge in [0.05, 0.1) is 4.90 Å². The quantitative estimate of drug-likeness (QED) is 0.366. The first kappa shape index (κ1) is 25.9. The first-order chi connectivity index (χ1) is 17.9. The molecule has 2 aliphatic heterocycles. The van der Waals surface area contributed by atoms with Crippen molar-refractivity contribution in [3.63, 3.8) is 0 Å². The molecule has 1 saturated heterocycles. The molecule has 0 aliphatic carbocycles. The fourth-order valence-electron chi connectivity index (χ4n) is 4.90.